The van der Waals surface area contributed by atoms with E-state index in [2.05, 4.69) is 44.4 Å². The van der Waals surface area contributed by atoms with Gasteiger partial charge in [0.2, 0.25) is 5.28 Å². The van der Waals surface area contributed by atoms with Gasteiger partial charge in [0.15, 0.2) is 0 Å². The van der Waals surface area contributed by atoms with Gasteiger partial charge < -0.3 is 14.6 Å². The van der Waals surface area contributed by atoms with Crippen LogP contribution in [0, 0.1) is 12.8 Å². The van der Waals surface area contributed by atoms with Crippen LogP contribution in [0.1, 0.15) is 51.6 Å². The first-order valence-electron chi connectivity index (χ1n) is 10.2. The number of fused-ring (bicyclic) bond motifs is 1. The molecule has 1 aliphatic rings. The fourth-order valence-electron chi connectivity index (χ4n) is 4.08. The van der Waals surface area contributed by atoms with Gasteiger partial charge in [-0.1, -0.05) is 0 Å². The standard InChI is InChI=1S/C22H27ClN4O2S/c1-13-7-18(30-12-13)17-11-27(19-16(17)10-24-20(23)26-19)15-6-5-14(8-15)9-25-21(28)29-22(2,3)4/h7,10-12,14-15H,5-6,8-9H2,1-4H3,(H,25,28)/t14-,15+/m1/s1. The molecule has 2 atom stereocenters. The molecule has 1 fully saturated rings. The molecular formula is C22H27ClN4O2S. The molecule has 160 valence electrons. The summed E-state index contributed by atoms with van der Waals surface area (Å²) >= 11 is 7.86. The third-order valence-electron chi connectivity index (χ3n) is 5.38. The van der Waals surface area contributed by atoms with Gasteiger partial charge in [0.1, 0.15) is 11.2 Å². The number of ether oxygens (including phenoxy) is 1. The molecule has 0 saturated heterocycles. The molecule has 0 aliphatic heterocycles. The molecule has 4 rings (SSSR count). The van der Waals surface area contributed by atoms with Crippen molar-refractivity contribution in [2.75, 3.05) is 6.54 Å². The molecule has 0 unspecified atom stereocenters. The second-order valence-corrected chi connectivity index (χ2v) is 10.3. The number of aryl methyl sites for hydroxylation is 1. The Morgan fingerprint density at radius 1 is 1.40 bits per heavy atom. The fraction of sp³-hybridized carbons (Fsp3) is 0.500. The molecule has 3 aromatic rings. The van der Waals surface area contributed by atoms with E-state index in [-0.39, 0.29) is 11.4 Å². The van der Waals surface area contributed by atoms with Crippen LogP contribution < -0.4 is 5.32 Å². The Morgan fingerprint density at radius 3 is 2.90 bits per heavy atom. The highest BCUT2D eigenvalue weighted by atomic mass is 35.5. The average Bonchev–Trinajstić information content (AvgIpc) is 3.36. The predicted octanol–water partition coefficient (Wildman–Crippen LogP) is 5.99. The summed E-state index contributed by atoms with van der Waals surface area (Å²) in [6, 6.07) is 2.51. The van der Waals surface area contributed by atoms with E-state index in [1.54, 1.807) is 11.3 Å². The lowest BCUT2D eigenvalue weighted by Gasteiger charge is -2.20. The number of nitrogens with one attached hydrogen (secondary N) is 1. The van der Waals surface area contributed by atoms with Crippen LogP contribution in [0.5, 0.6) is 0 Å². The van der Waals surface area contributed by atoms with E-state index in [9.17, 15) is 4.79 Å². The normalized spacial score (nSPS) is 19.4. The number of aromatic nitrogens is 3. The van der Waals surface area contributed by atoms with Crippen molar-refractivity contribution in [3.05, 3.63) is 34.7 Å². The van der Waals surface area contributed by atoms with Gasteiger partial charge in [0, 0.05) is 40.8 Å². The van der Waals surface area contributed by atoms with E-state index in [0.717, 1.165) is 35.9 Å². The van der Waals surface area contributed by atoms with Crippen molar-refractivity contribution in [1.82, 2.24) is 19.9 Å². The molecule has 0 bridgehead atoms. The molecule has 1 amide bonds. The molecule has 1 aliphatic carbocycles. The lowest BCUT2D eigenvalue weighted by molar-refractivity contribution is 0.0519. The Bertz CT molecular complexity index is 1070. The minimum atomic E-state index is -0.484. The zero-order valence-corrected chi connectivity index (χ0v) is 19.3. The van der Waals surface area contributed by atoms with Crippen molar-refractivity contribution in [1.29, 1.82) is 0 Å². The van der Waals surface area contributed by atoms with Crippen molar-refractivity contribution in [2.45, 2.75) is 58.6 Å². The van der Waals surface area contributed by atoms with Gasteiger partial charge in [0.25, 0.3) is 0 Å². The monoisotopic (exact) mass is 446 g/mol. The van der Waals surface area contributed by atoms with E-state index in [0.29, 0.717) is 18.5 Å². The number of thiophene rings is 1. The molecule has 1 saturated carbocycles. The summed E-state index contributed by atoms with van der Waals surface area (Å²) in [5.41, 5.74) is 2.79. The summed E-state index contributed by atoms with van der Waals surface area (Å²) in [6.45, 7) is 8.34. The fourth-order valence-corrected chi connectivity index (χ4v) is 5.14. The van der Waals surface area contributed by atoms with Gasteiger partial charge in [-0.05, 0) is 81.5 Å². The van der Waals surface area contributed by atoms with E-state index < -0.39 is 5.60 Å². The van der Waals surface area contributed by atoms with Gasteiger partial charge in [-0.3, -0.25) is 0 Å². The van der Waals surface area contributed by atoms with E-state index >= 15 is 0 Å². The number of hydrogen-bond donors (Lipinski definition) is 1. The van der Waals surface area contributed by atoms with Crippen molar-refractivity contribution in [3.63, 3.8) is 0 Å². The predicted molar refractivity (Wildman–Crippen MR) is 121 cm³/mol. The van der Waals surface area contributed by atoms with Crippen LogP contribution in [0.2, 0.25) is 5.28 Å². The summed E-state index contributed by atoms with van der Waals surface area (Å²) < 4.78 is 7.60. The number of halogens is 1. The van der Waals surface area contributed by atoms with Crippen molar-refractivity contribution in [2.24, 2.45) is 5.92 Å². The minimum absolute atomic E-state index is 0.261. The van der Waals surface area contributed by atoms with Crippen molar-refractivity contribution < 1.29 is 9.53 Å². The first kappa shape index (κ1) is 21.1. The summed E-state index contributed by atoms with van der Waals surface area (Å²) in [7, 11) is 0. The topological polar surface area (TPSA) is 69.0 Å². The average molecular weight is 447 g/mol. The SMILES string of the molecule is Cc1csc(-c2cn([C@H]3CC[C@@H](CNC(=O)OC(C)(C)C)C3)c3nc(Cl)ncc23)c1. The third-order valence-corrected chi connectivity index (χ3v) is 6.64. The van der Waals surface area contributed by atoms with E-state index in [1.807, 2.05) is 27.0 Å². The lowest BCUT2D eigenvalue weighted by atomic mass is 10.1. The number of rotatable bonds is 4. The molecule has 1 N–H and O–H groups in total. The molecule has 6 nitrogen and oxygen atoms in total. The lowest BCUT2D eigenvalue weighted by Crippen LogP contribution is -2.34. The summed E-state index contributed by atoms with van der Waals surface area (Å²) in [5, 5.41) is 6.36. The highest BCUT2D eigenvalue weighted by Crippen LogP contribution is 2.40. The number of alkyl carbamates (subject to hydrolysis) is 1. The van der Waals surface area contributed by atoms with E-state index in [1.165, 1.54) is 10.4 Å². The first-order chi connectivity index (χ1) is 14.2. The van der Waals surface area contributed by atoms with Crippen LogP contribution in [0.4, 0.5) is 4.79 Å². The molecule has 3 aromatic heterocycles. The first-order valence-corrected chi connectivity index (χ1v) is 11.5. The Hall–Kier alpha value is -2.12. The van der Waals surface area contributed by atoms with Gasteiger partial charge in [0.05, 0.1) is 0 Å². The smallest absolute Gasteiger partial charge is 0.407 e. The van der Waals surface area contributed by atoms with Crippen molar-refractivity contribution >= 4 is 40.1 Å². The Balaban J connectivity index is 1.52. The summed E-state index contributed by atoms with van der Waals surface area (Å²) in [5.74, 6) is 0.407. The summed E-state index contributed by atoms with van der Waals surface area (Å²) in [6.07, 6.45) is 6.72. The summed E-state index contributed by atoms with van der Waals surface area (Å²) in [4.78, 5) is 21.9. The van der Waals surface area contributed by atoms with Crippen LogP contribution in [0.3, 0.4) is 0 Å². The van der Waals surface area contributed by atoms with Crippen LogP contribution in [-0.4, -0.2) is 32.8 Å². The van der Waals surface area contributed by atoms with Crippen LogP contribution in [0.25, 0.3) is 21.5 Å². The quantitative estimate of drug-likeness (QED) is 0.500. The molecule has 8 heteroatoms. The van der Waals surface area contributed by atoms with Crippen LogP contribution in [0.15, 0.2) is 23.8 Å². The molecule has 0 radical (unpaired) electrons. The van der Waals surface area contributed by atoms with E-state index in [4.69, 9.17) is 16.3 Å². The van der Waals surface area contributed by atoms with Crippen molar-refractivity contribution in [3.8, 4) is 10.4 Å². The van der Waals surface area contributed by atoms with Gasteiger partial charge in [-0.2, -0.15) is 4.98 Å². The second-order valence-electron chi connectivity index (χ2n) is 9.03. The highest BCUT2D eigenvalue weighted by molar-refractivity contribution is 7.13. The van der Waals surface area contributed by atoms with Gasteiger partial charge in [-0.15, -0.1) is 11.3 Å². The molecular weight excluding hydrogens is 420 g/mol. The largest absolute Gasteiger partial charge is 0.444 e. The Kier molecular flexibility index (Phi) is 5.77. The Morgan fingerprint density at radius 2 is 2.20 bits per heavy atom. The van der Waals surface area contributed by atoms with Crippen LogP contribution in [-0.2, 0) is 4.74 Å². The maximum Gasteiger partial charge on any atom is 0.407 e. The maximum absolute atomic E-state index is 12.0. The Labute approximate surface area is 185 Å². The number of carbonyl (C=O) groups excluding carboxylic acids is 1. The number of carbonyl (C=O) groups is 1. The maximum atomic E-state index is 12.0. The molecule has 3 heterocycles. The molecule has 0 aromatic carbocycles. The van der Waals surface area contributed by atoms with Crippen LogP contribution >= 0.6 is 22.9 Å². The van der Waals surface area contributed by atoms with Gasteiger partial charge >= 0.3 is 6.09 Å². The highest BCUT2D eigenvalue weighted by Gasteiger charge is 2.29. The number of amides is 1. The molecule has 0 spiro atoms. The molecule has 30 heavy (non-hydrogen) atoms. The second kappa shape index (κ2) is 8.19. The third kappa shape index (κ3) is 4.62. The van der Waals surface area contributed by atoms with Gasteiger partial charge in [-0.25, -0.2) is 9.78 Å². The minimum Gasteiger partial charge on any atom is -0.444 e. The zero-order chi connectivity index (χ0) is 21.5. The number of hydrogen-bond acceptors (Lipinski definition) is 5. The zero-order valence-electron chi connectivity index (χ0n) is 17.7. The number of nitrogens with zero attached hydrogens (tertiary/aromatic N) is 3.